The fourth-order valence-electron chi connectivity index (χ4n) is 3.10. The number of ether oxygens (including phenoxy) is 1. The first-order chi connectivity index (χ1) is 8.57. The molecule has 0 spiro atoms. The fraction of sp³-hybridized carbons (Fsp3) is 0.929. The molecule has 0 bridgehead atoms. The second-order valence-electron chi connectivity index (χ2n) is 6.10. The minimum atomic E-state index is -0.163. The molecule has 0 aromatic rings. The monoisotopic (exact) mass is 254 g/mol. The van der Waals surface area contributed by atoms with Crippen molar-refractivity contribution >= 4 is 5.91 Å². The van der Waals surface area contributed by atoms with Gasteiger partial charge in [0.15, 0.2) is 0 Å². The third kappa shape index (κ3) is 2.69. The van der Waals surface area contributed by atoms with Crippen LogP contribution in [0.2, 0.25) is 0 Å². The molecule has 2 unspecified atom stereocenters. The molecule has 18 heavy (non-hydrogen) atoms. The molecule has 2 heterocycles. The highest BCUT2D eigenvalue weighted by atomic mass is 16.5. The Labute approximate surface area is 110 Å². The number of carbonyl (C=O) groups is 1. The largest absolute Gasteiger partial charge is 0.379 e. The van der Waals surface area contributed by atoms with Gasteiger partial charge in [-0.3, -0.25) is 4.79 Å². The van der Waals surface area contributed by atoms with Gasteiger partial charge < -0.3 is 15.0 Å². The first-order valence-electron chi connectivity index (χ1n) is 7.10. The van der Waals surface area contributed by atoms with Crippen molar-refractivity contribution in [2.24, 2.45) is 11.3 Å². The maximum Gasteiger partial charge on any atom is 0.228 e. The first-order valence-corrected chi connectivity index (χ1v) is 7.10. The zero-order chi connectivity index (χ0) is 13.2. The average molecular weight is 254 g/mol. The zero-order valence-electron chi connectivity index (χ0n) is 11.9. The third-order valence-corrected chi connectivity index (χ3v) is 4.70. The third-order valence-electron chi connectivity index (χ3n) is 4.70. The van der Waals surface area contributed by atoms with E-state index < -0.39 is 0 Å². The van der Waals surface area contributed by atoms with Crippen LogP contribution in [0.5, 0.6) is 0 Å². The summed E-state index contributed by atoms with van der Waals surface area (Å²) in [6.07, 6.45) is 3.16. The molecular formula is C14H26N2O2. The van der Waals surface area contributed by atoms with Crippen molar-refractivity contribution in [3.63, 3.8) is 0 Å². The molecule has 2 rings (SSSR count). The van der Waals surface area contributed by atoms with Crippen LogP contribution >= 0.6 is 0 Å². The number of methoxy groups -OCH3 is 1. The molecule has 104 valence electrons. The summed E-state index contributed by atoms with van der Waals surface area (Å²) in [5.41, 5.74) is -0.163. The van der Waals surface area contributed by atoms with Gasteiger partial charge in [0, 0.05) is 25.6 Å². The Morgan fingerprint density at radius 1 is 1.39 bits per heavy atom. The van der Waals surface area contributed by atoms with Crippen LogP contribution in [-0.4, -0.2) is 50.2 Å². The minimum absolute atomic E-state index is 0.163. The van der Waals surface area contributed by atoms with Crippen LogP contribution in [0.15, 0.2) is 0 Å². The summed E-state index contributed by atoms with van der Waals surface area (Å²) in [4.78, 5) is 14.7. The number of hydrogen-bond donors (Lipinski definition) is 1. The van der Waals surface area contributed by atoms with E-state index >= 15 is 0 Å². The second-order valence-corrected chi connectivity index (χ2v) is 6.10. The number of carbonyl (C=O) groups excluding carboxylic acids is 1. The standard InChI is InChI=1S/C14H26N2O2/c1-11-4-9-16(10-12(11)18-3)13(17)14(2)5-7-15-8-6-14/h11-12,15H,4-10H2,1-3H3. The Morgan fingerprint density at radius 2 is 2.06 bits per heavy atom. The molecule has 1 amide bonds. The number of nitrogens with one attached hydrogen (secondary N) is 1. The lowest BCUT2D eigenvalue weighted by Crippen LogP contribution is -2.53. The molecule has 2 fully saturated rings. The van der Waals surface area contributed by atoms with Gasteiger partial charge in [0.05, 0.1) is 6.10 Å². The lowest BCUT2D eigenvalue weighted by Gasteiger charge is -2.42. The van der Waals surface area contributed by atoms with Crippen molar-refractivity contribution in [3.05, 3.63) is 0 Å². The molecule has 0 saturated carbocycles. The van der Waals surface area contributed by atoms with Gasteiger partial charge in [-0.1, -0.05) is 13.8 Å². The van der Waals surface area contributed by atoms with Gasteiger partial charge in [0.2, 0.25) is 5.91 Å². The lowest BCUT2D eigenvalue weighted by molar-refractivity contribution is -0.147. The molecule has 2 atom stereocenters. The molecule has 2 saturated heterocycles. The van der Waals surface area contributed by atoms with Crippen LogP contribution in [0.1, 0.15) is 33.1 Å². The Bertz CT molecular complexity index is 300. The highest BCUT2D eigenvalue weighted by Crippen LogP contribution is 2.32. The number of amides is 1. The van der Waals surface area contributed by atoms with Crippen molar-refractivity contribution in [2.45, 2.75) is 39.2 Å². The van der Waals surface area contributed by atoms with Gasteiger partial charge in [-0.05, 0) is 38.3 Å². The summed E-state index contributed by atoms with van der Waals surface area (Å²) in [6, 6.07) is 0. The predicted octanol–water partition coefficient (Wildman–Crippen LogP) is 1.26. The zero-order valence-corrected chi connectivity index (χ0v) is 11.9. The minimum Gasteiger partial charge on any atom is -0.379 e. The molecule has 2 aliphatic heterocycles. The molecule has 4 heteroatoms. The van der Waals surface area contributed by atoms with Crippen LogP contribution in [0.3, 0.4) is 0 Å². The van der Waals surface area contributed by atoms with Crippen molar-refractivity contribution in [1.29, 1.82) is 0 Å². The van der Waals surface area contributed by atoms with Gasteiger partial charge in [-0.2, -0.15) is 0 Å². The summed E-state index contributed by atoms with van der Waals surface area (Å²) in [5, 5.41) is 3.33. The van der Waals surface area contributed by atoms with E-state index in [4.69, 9.17) is 4.74 Å². The fourth-order valence-corrected chi connectivity index (χ4v) is 3.10. The van der Waals surface area contributed by atoms with Crippen LogP contribution in [0, 0.1) is 11.3 Å². The molecule has 2 aliphatic rings. The van der Waals surface area contributed by atoms with E-state index in [-0.39, 0.29) is 11.5 Å². The number of likely N-dealkylation sites (tertiary alicyclic amines) is 1. The Morgan fingerprint density at radius 3 is 2.67 bits per heavy atom. The summed E-state index contributed by atoms with van der Waals surface area (Å²) < 4.78 is 5.50. The summed E-state index contributed by atoms with van der Waals surface area (Å²) in [6.45, 7) is 7.90. The first kappa shape index (κ1) is 13.8. The molecular weight excluding hydrogens is 228 g/mol. The van der Waals surface area contributed by atoms with E-state index in [9.17, 15) is 4.79 Å². The maximum atomic E-state index is 12.7. The lowest BCUT2D eigenvalue weighted by atomic mass is 9.79. The van der Waals surface area contributed by atoms with E-state index in [2.05, 4.69) is 19.2 Å². The van der Waals surface area contributed by atoms with E-state index in [1.807, 2.05) is 4.90 Å². The quantitative estimate of drug-likeness (QED) is 0.806. The Kier molecular flexibility index (Phi) is 4.28. The number of rotatable bonds is 2. The highest BCUT2D eigenvalue weighted by Gasteiger charge is 2.40. The highest BCUT2D eigenvalue weighted by molar-refractivity contribution is 5.82. The van der Waals surface area contributed by atoms with Crippen LogP contribution < -0.4 is 5.32 Å². The van der Waals surface area contributed by atoms with Gasteiger partial charge >= 0.3 is 0 Å². The normalized spacial score (nSPS) is 32.3. The van der Waals surface area contributed by atoms with Crippen molar-refractivity contribution in [3.8, 4) is 0 Å². The van der Waals surface area contributed by atoms with Gasteiger partial charge in [0.1, 0.15) is 0 Å². The SMILES string of the molecule is COC1CN(C(=O)C2(C)CCNCC2)CCC1C. The summed E-state index contributed by atoms with van der Waals surface area (Å²) in [5.74, 6) is 0.887. The van der Waals surface area contributed by atoms with Gasteiger partial charge in [0.25, 0.3) is 0 Å². The van der Waals surface area contributed by atoms with Crippen molar-refractivity contribution in [2.75, 3.05) is 33.3 Å². The van der Waals surface area contributed by atoms with Crippen molar-refractivity contribution < 1.29 is 9.53 Å². The molecule has 0 radical (unpaired) electrons. The second kappa shape index (κ2) is 5.57. The van der Waals surface area contributed by atoms with Crippen molar-refractivity contribution in [1.82, 2.24) is 10.2 Å². The number of nitrogens with zero attached hydrogens (tertiary/aromatic N) is 1. The Hall–Kier alpha value is -0.610. The van der Waals surface area contributed by atoms with Crippen LogP contribution in [0.4, 0.5) is 0 Å². The number of hydrogen-bond acceptors (Lipinski definition) is 3. The average Bonchev–Trinajstić information content (AvgIpc) is 2.39. The topological polar surface area (TPSA) is 41.6 Å². The molecule has 0 aromatic carbocycles. The van der Waals surface area contributed by atoms with E-state index in [0.717, 1.165) is 45.4 Å². The van der Waals surface area contributed by atoms with E-state index in [1.165, 1.54) is 0 Å². The number of piperidine rings is 2. The van der Waals surface area contributed by atoms with E-state index in [1.54, 1.807) is 7.11 Å². The molecule has 0 aromatic heterocycles. The van der Waals surface area contributed by atoms with Crippen LogP contribution in [0.25, 0.3) is 0 Å². The van der Waals surface area contributed by atoms with Gasteiger partial charge in [-0.25, -0.2) is 0 Å². The maximum absolute atomic E-state index is 12.7. The van der Waals surface area contributed by atoms with Gasteiger partial charge in [-0.15, -0.1) is 0 Å². The van der Waals surface area contributed by atoms with E-state index in [0.29, 0.717) is 11.8 Å². The van der Waals surface area contributed by atoms with Crippen LogP contribution in [-0.2, 0) is 9.53 Å². The Balaban J connectivity index is 2.00. The summed E-state index contributed by atoms with van der Waals surface area (Å²) in [7, 11) is 1.75. The molecule has 4 nitrogen and oxygen atoms in total. The smallest absolute Gasteiger partial charge is 0.228 e. The summed E-state index contributed by atoms with van der Waals surface area (Å²) >= 11 is 0. The molecule has 0 aliphatic carbocycles. The molecule has 1 N–H and O–H groups in total. The predicted molar refractivity (Wildman–Crippen MR) is 71.4 cm³/mol.